The van der Waals surface area contributed by atoms with Gasteiger partial charge in [-0.05, 0) is 53.6 Å². The van der Waals surface area contributed by atoms with Gasteiger partial charge >= 0.3 is 0 Å². The smallest absolute Gasteiger partial charge is 0.255 e. The van der Waals surface area contributed by atoms with Crippen molar-refractivity contribution in [1.82, 2.24) is 0 Å². The van der Waals surface area contributed by atoms with Crippen LogP contribution in [0.15, 0.2) is 52.9 Å². The molecule has 0 radical (unpaired) electrons. The molecular weight excluding hydrogens is 353 g/mol. The predicted molar refractivity (Wildman–Crippen MR) is 91.9 cm³/mol. The summed E-state index contributed by atoms with van der Waals surface area (Å²) in [4.78, 5) is 12.9. The van der Waals surface area contributed by atoms with Gasteiger partial charge in [0.1, 0.15) is 17.3 Å². The van der Waals surface area contributed by atoms with Gasteiger partial charge in [0.15, 0.2) is 4.90 Å². The van der Waals surface area contributed by atoms with E-state index in [2.05, 4.69) is 5.32 Å². The van der Waals surface area contributed by atoms with Crippen molar-refractivity contribution in [3.63, 3.8) is 0 Å². The monoisotopic (exact) mass is 365 g/mol. The summed E-state index contributed by atoms with van der Waals surface area (Å²) in [6.07, 6.45) is 0.151. The van der Waals surface area contributed by atoms with E-state index >= 15 is 0 Å². The van der Waals surface area contributed by atoms with Gasteiger partial charge < -0.3 is 15.0 Å². The molecule has 24 heavy (non-hydrogen) atoms. The van der Waals surface area contributed by atoms with E-state index in [-0.39, 0.29) is 23.5 Å². The zero-order valence-electron chi connectivity index (χ0n) is 12.4. The Morgan fingerprint density at radius 2 is 1.96 bits per heavy atom. The molecule has 1 atom stereocenters. The quantitative estimate of drug-likeness (QED) is 0.793. The Morgan fingerprint density at radius 1 is 1.25 bits per heavy atom. The zero-order chi connectivity index (χ0) is 17.3. The summed E-state index contributed by atoms with van der Waals surface area (Å²) in [6, 6.07) is 9.96. The highest BCUT2D eigenvalue weighted by molar-refractivity contribution is 7.91. The fourth-order valence-electron chi connectivity index (χ4n) is 2.43. The number of halogens is 2. The maximum absolute atomic E-state index is 12.9. The molecule has 1 aliphatic heterocycles. The van der Waals surface area contributed by atoms with Gasteiger partial charge in [0, 0.05) is 17.1 Å². The van der Waals surface area contributed by atoms with Crippen molar-refractivity contribution in [2.45, 2.75) is 11.3 Å². The summed E-state index contributed by atoms with van der Waals surface area (Å²) >= 11 is 4.61. The number of hydrogen-bond acceptors (Lipinski definition) is 3. The van der Waals surface area contributed by atoms with Crippen LogP contribution in [-0.2, 0) is 16.0 Å². The number of hydrogen-bond donors (Lipinski definition) is 2. The van der Waals surface area contributed by atoms with E-state index in [1.165, 1.54) is 30.3 Å². The Bertz CT molecular complexity index is 823. The van der Waals surface area contributed by atoms with Crippen LogP contribution in [0.4, 0.5) is 10.1 Å². The molecule has 2 aromatic carbocycles. The normalized spacial score (nSPS) is 17.2. The van der Waals surface area contributed by atoms with Crippen LogP contribution >= 0.6 is 11.6 Å². The molecule has 0 aliphatic carbocycles. The second-order valence-corrected chi connectivity index (χ2v) is 7.20. The summed E-state index contributed by atoms with van der Waals surface area (Å²) < 4.78 is 25.2. The number of benzene rings is 2. The molecule has 0 bridgehead atoms. The van der Waals surface area contributed by atoms with E-state index < -0.39 is 22.9 Å². The first kappa shape index (κ1) is 16.8. The van der Waals surface area contributed by atoms with Crippen LogP contribution in [0.3, 0.4) is 0 Å². The van der Waals surface area contributed by atoms with Crippen LogP contribution < -0.4 is 5.32 Å². The Kier molecular flexibility index (Phi) is 4.80. The molecule has 0 spiro atoms. The average molecular weight is 366 g/mol. The molecule has 1 aliphatic rings. The van der Waals surface area contributed by atoms with Crippen molar-refractivity contribution in [2.75, 3.05) is 11.1 Å². The van der Waals surface area contributed by atoms with E-state index in [4.69, 9.17) is 11.6 Å². The standard InChI is InChI=1S/C17H13ClFNO3S/c18-10-1-6-15-14(9-10)16(21)13(7-8-24(15)23)17(22)20-12-4-2-11(19)3-5-12/h1-6,9,21H,7-8H2,(H,20,22). The topological polar surface area (TPSA) is 72.4 Å². The van der Waals surface area contributed by atoms with E-state index in [1.807, 2.05) is 0 Å². The fourth-order valence-corrected chi connectivity index (χ4v) is 3.83. The van der Waals surface area contributed by atoms with Crippen LogP contribution in [0.5, 0.6) is 0 Å². The number of rotatable bonds is 2. The first-order valence-electron chi connectivity index (χ1n) is 7.13. The molecule has 1 heterocycles. The fraction of sp³-hybridized carbons (Fsp3) is 0.118. The van der Waals surface area contributed by atoms with Crippen molar-refractivity contribution >= 4 is 40.1 Å². The molecule has 4 nitrogen and oxygen atoms in total. The minimum Gasteiger partial charge on any atom is -0.611 e. The SMILES string of the molecule is O=C(Nc1ccc(F)cc1)C1=C(O)c2cc(Cl)ccc2[S+]([O-])CC1. The molecule has 1 unspecified atom stereocenters. The second-order valence-electron chi connectivity index (χ2n) is 5.23. The molecular formula is C17H13ClFNO3S. The highest BCUT2D eigenvalue weighted by Gasteiger charge is 2.29. The Labute approximate surface area is 146 Å². The second kappa shape index (κ2) is 6.84. The molecule has 2 aromatic rings. The lowest BCUT2D eigenvalue weighted by Gasteiger charge is -2.10. The van der Waals surface area contributed by atoms with Crippen LogP contribution in [0, 0.1) is 5.82 Å². The van der Waals surface area contributed by atoms with Gasteiger partial charge in [-0.3, -0.25) is 4.79 Å². The van der Waals surface area contributed by atoms with Crippen molar-refractivity contribution in [2.24, 2.45) is 0 Å². The zero-order valence-corrected chi connectivity index (χ0v) is 14.0. The van der Waals surface area contributed by atoms with E-state index in [0.29, 0.717) is 21.2 Å². The summed E-state index contributed by atoms with van der Waals surface area (Å²) in [5.41, 5.74) is 0.815. The van der Waals surface area contributed by atoms with Crippen molar-refractivity contribution in [1.29, 1.82) is 0 Å². The third-order valence-corrected chi connectivity index (χ3v) is 5.30. The number of aliphatic hydroxyl groups excluding tert-OH is 1. The average Bonchev–Trinajstić information content (AvgIpc) is 2.67. The first-order valence-corrected chi connectivity index (χ1v) is 8.83. The summed E-state index contributed by atoms with van der Waals surface area (Å²) in [7, 11) is 0. The van der Waals surface area contributed by atoms with Crippen molar-refractivity contribution < 1.29 is 18.8 Å². The molecule has 124 valence electrons. The number of amides is 1. The van der Waals surface area contributed by atoms with Crippen LogP contribution in [-0.4, -0.2) is 21.3 Å². The number of nitrogens with one attached hydrogen (secondary N) is 1. The molecule has 2 N–H and O–H groups in total. The van der Waals surface area contributed by atoms with Crippen molar-refractivity contribution in [3.05, 3.63) is 64.4 Å². The van der Waals surface area contributed by atoms with Gasteiger partial charge in [-0.15, -0.1) is 0 Å². The summed E-state index contributed by atoms with van der Waals surface area (Å²) in [6.45, 7) is 0. The minimum atomic E-state index is -1.34. The number of carbonyl (C=O) groups excluding carboxylic acids is 1. The summed E-state index contributed by atoms with van der Waals surface area (Å²) in [5.74, 6) is -0.962. The number of carbonyl (C=O) groups is 1. The molecule has 3 rings (SSSR count). The van der Waals surface area contributed by atoms with Crippen LogP contribution in [0.2, 0.25) is 5.02 Å². The maximum Gasteiger partial charge on any atom is 0.255 e. The lowest BCUT2D eigenvalue weighted by atomic mass is 10.1. The molecule has 1 amide bonds. The summed E-state index contributed by atoms with van der Waals surface area (Å²) in [5, 5.41) is 13.5. The molecule has 0 fully saturated rings. The lowest BCUT2D eigenvalue weighted by Crippen LogP contribution is -2.17. The number of anilines is 1. The van der Waals surface area contributed by atoms with Gasteiger partial charge in [-0.2, -0.15) is 0 Å². The third-order valence-electron chi connectivity index (χ3n) is 3.64. The third kappa shape index (κ3) is 3.40. The van der Waals surface area contributed by atoms with Gasteiger partial charge in [-0.1, -0.05) is 11.6 Å². The van der Waals surface area contributed by atoms with Gasteiger partial charge in [0.2, 0.25) is 0 Å². The van der Waals surface area contributed by atoms with Gasteiger partial charge in [-0.25, -0.2) is 4.39 Å². The lowest BCUT2D eigenvalue weighted by molar-refractivity contribution is -0.113. The maximum atomic E-state index is 12.9. The predicted octanol–water partition coefficient (Wildman–Crippen LogP) is 3.90. The highest BCUT2D eigenvalue weighted by Crippen LogP contribution is 2.33. The number of fused-ring (bicyclic) bond motifs is 1. The van der Waals surface area contributed by atoms with Crippen LogP contribution in [0.25, 0.3) is 5.76 Å². The van der Waals surface area contributed by atoms with Crippen LogP contribution in [0.1, 0.15) is 12.0 Å². The Hall–Kier alpha value is -2.02. The van der Waals surface area contributed by atoms with E-state index in [1.54, 1.807) is 12.1 Å². The molecule has 7 heteroatoms. The minimum absolute atomic E-state index is 0.119. The highest BCUT2D eigenvalue weighted by atomic mass is 35.5. The van der Waals surface area contributed by atoms with E-state index in [9.17, 15) is 18.8 Å². The van der Waals surface area contributed by atoms with Gasteiger partial charge in [0.25, 0.3) is 5.91 Å². The largest absolute Gasteiger partial charge is 0.611 e. The molecule has 0 saturated heterocycles. The number of aliphatic hydroxyl groups is 1. The van der Waals surface area contributed by atoms with Gasteiger partial charge in [0.05, 0.1) is 11.1 Å². The Balaban J connectivity index is 1.95. The van der Waals surface area contributed by atoms with E-state index in [0.717, 1.165) is 0 Å². The van der Waals surface area contributed by atoms with Crippen molar-refractivity contribution in [3.8, 4) is 0 Å². The molecule has 0 aromatic heterocycles. The first-order chi connectivity index (χ1) is 11.5. The molecule has 0 saturated carbocycles. The Morgan fingerprint density at radius 3 is 2.67 bits per heavy atom.